The van der Waals surface area contributed by atoms with Crippen LogP contribution in [0.4, 0.5) is 14.5 Å². The second-order valence-corrected chi connectivity index (χ2v) is 4.68. The zero-order valence-corrected chi connectivity index (χ0v) is 10.1. The third-order valence-electron chi connectivity index (χ3n) is 1.99. The third-order valence-corrected chi connectivity index (χ3v) is 3.35. The van der Waals surface area contributed by atoms with Crippen LogP contribution < -0.4 is 5.32 Å². The summed E-state index contributed by atoms with van der Waals surface area (Å²) < 4.78 is 26.1. The molecule has 0 saturated carbocycles. The van der Waals surface area contributed by atoms with Crippen LogP contribution in [-0.2, 0) is 0 Å². The van der Waals surface area contributed by atoms with Crippen molar-refractivity contribution in [2.45, 2.75) is 4.90 Å². The number of nitrogens with one attached hydrogen (secondary N) is 1. The number of hydrogen-bond donors (Lipinski definition) is 2. The van der Waals surface area contributed by atoms with Crippen molar-refractivity contribution < 1.29 is 13.6 Å². The summed E-state index contributed by atoms with van der Waals surface area (Å²) in [5.41, 5.74) is -0.177. The smallest absolute Gasteiger partial charge is 0.265 e. The van der Waals surface area contributed by atoms with Gasteiger partial charge in [0.05, 0.1) is 10.6 Å². The lowest BCUT2D eigenvalue weighted by atomic mass is 10.3. The van der Waals surface area contributed by atoms with E-state index in [0.717, 1.165) is 18.2 Å². The first kappa shape index (κ1) is 12.1. The van der Waals surface area contributed by atoms with Gasteiger partial charge in [-0.1, -0.05) is 0 Å². The van der Waals surface area contributed by atoms with Crippen LogP contribution in [0.1, 0.15) is 9.67 Å². The van der Waals surface area contributed by atoms with E-state index in [-0.39, 0.29) is 5.69 Å². The molecule has 2 rings (SSSR count). The summed E-state index contributed by atoms with van der Waals surface area (Å²) in [6, 6.07) is 4.44. The molecule has 88 valence electrons. The van der Waals surface area contributed by atoms with Crippen LogP contribution in [0.5, 0.6) is 0 Å². The minimum Gasteiger partial charge on any atom is -0.319 e. The molecule has 0 unspecified atom stereocenters. The van der Waals surface area contributed by atoms with Gasteiger partial charge in [-0.25, -0.2) is 8.78 Å². The highest BCUT2D eigenvalue weighted by atomic mass is 32.1. The summed E-state index contributed by atoms with van der Waals surface area (Å²) in [4.78, 5) is 12.7. The van der Waals surface area contributed by atoms with E-state index in [1.165, 1.54) is 11.3 Å². The van der Waals surface area contributed by atoms with Gasteiger partial charge in [-0.15, -0.1) is 24.0 Å². The molecule has 1 amide bonds. The van der Waals surface area contributed by atoms with E-state index >= 15 is 0 Å². The van der Waals surface area contributed by atoms with Crippen LogP contribution in [-0.4, -0.2) is 5.91 Å². The van der Waals surface area contributed by atoms with E-state index in [2.05, 4.69) is 17.9 Å². The monoisotopic (exact) mass is 271 g/mol. The molecule has 1 N–H and O–H groups in total. The molecule has 0 aliphatic rings. The van der Waals surface area contributed by atoms with Gasteiger partial charge in [0.1, 0.15) is 11.6 Å². The topological polar surface area (TPSA) is 29.1 Å². The summed E-state index contributed by atoms with van der Waals surface area (Å²) in [7, 11) is 0. The normalized spacial score (nSPS) is 10.3. The third kappa shape index (κ3) is 2.83. The van der Waals surface area contributed by atoms with Crippen molar-refractivity contribution in [1.82, 2.24) is 0 Å². The van der Waals surface area contributed by atoms with Crippen LogP contribution in [0.2, 0.25) is 0 Å². The molecule has 0 atom stereocenters. The maximum atomic E-state index is 13.3. The average Bonchev–Trinajstić information content (AvgIpc) is 2.70. The lowest BCUT2D eigenvalue weighted by Crippen LogP contribution is -2.11. The summed E-state index contributed by atoms with van der Waals surface area (Å²) in [6.07, 6.45) is 0. The van der Waals surface area contributed by atoms with Gasteiger partial charge in [0.25, 0.3) is 5.91 Å². The second kappa shape index (κ2) is 4.85. The van der Waals surface area contributed by atoms with Crippen molar-refractivity contribution in [3.63, 3.8) is 0 Å². The van der Waals surface area contributed by atoms with Crippen LogP contribution in [0.3, 0.4) is 0 Å². The lowest BCUT2D eigenvalue weighted by Gasteiger charge is -2.04. The fourth-order valence-corrected chi connectivity index (χ4v) is 2.27. The first-order chi connectivity index (χ1) is 8.06. The van der Waals surface area contributed by atoms with E-state index < -0.39 is 17.5 Å². The molecule has 0 saturated heterocycles. The van der Waals surface area contributed by atoms with Gasteiger partial charge in [0, 0.05) is 16.3 Å². The molecule has 6 heteroatoms. The number of anilines is 1. The first-order valence-electron chi connectivity index (χ1n) is 4.60. The maximum Gasteiger partial charge on any atom is 0.265 e. The number of carbonyl (C=O) groups is 1. The molecule has 0 spiro atoms. The average molecular weight is 271 g/mol. The Morgan fingerprint density at radius 3 is 2.71 bits per heavy atom. The molecule has 0 radical (unpaired) electrons. The van der Waals surface area contributed by atoms with Crippen molar-refractivity contribution in [3.8, 4) is 0 Å². The standard InChI is InChI=1S/C11H7F2NOS2/c12-6-1-2-8(13)9(3-6)14-11(15)10-4-7(16)5-17-10/h1-5,16H,(H,14,15). The Morgan fingerprint density at radius 1 is 1.29 bits per heavy atom. The molecular formula is C11H7F2NOS2. The first-order valence-corrected chi connectivity index (χ1v) is 5.93. The van der Waals surface area contributed by atoms with E-state index in [1.807, 2.05) is 0 Å². The van der Waals surface area contributed by atoms with Crippen molar-refractivity contribution in [2.24, 2.45) is 0 Å². The molecular weight excluding hydrogens is 264 g/mol. The van der Waals surface area contributed by atoms with E-state index in [0.29, 0.717) is 9.77 Å². The Morgan fingerprint density at radius 2 is 2.06 bits per heavy atom. The lowest BCUT2D eigenvalue weighted by molar-refractivity contribution is 0.103. The number of rotatable bonds is 2. The molecule has 0 fully saturated rings. The van der Waals surface area contributed by atoms with E-state index in [9.17, 15) is 13.6 Å². The molecule has 1 aromatic carbocycles. The van der Waals surface area contributed by atoms with Gasteiger partial charge in [0.15, 0.2) is 0 Å². The van der Waals surface area contributed by atoms with Crippen molar-refractivity contribution in [2.75, 3.05) is 5.32 Å². The van der Waals surface area contributed by atoms with Gasteiger partial charge in [0.2, 0.25) is 0 Å². The predicted octanol–water partition coefficient (Wildman–Crippen LogP) is 3.57. The van der Waals surface area contributed by atoms with Gasteiger partial charge in [-0.2, -0.15) is 0 Å². The Labute approximate surface area is 106 Å². The van der Waals surface area contributed by atoms with Crippen molar-refractivity contribution in [3.05, 3.63) is 46.2 Å². The maximum absolute atomic E-state index is 13.3. The SMILES string of the molecule is O=C(Nc1cc(F)ccc1F)c1cc(S)cs1. The molecule has 0 aliphatic heterocycles. The Kier molecular flexibility index (Phi) is 3.44. The van der Waals surface area contributed by atoms with Gasteiger partial charge < -0.3 is 5.32 Å². The summed E-state index contributed by atoms with van der Waals surface area (Å²) in [6.45, 7) is 0. The number of carbonyl (C=O) groups excluding carboxylic acids is 1. The number of thiol groups is 1. The quantitative estimate of drug-likeness (QED) is 0.803. The van der Waals surface area contributed by atoms with Crippen LogP contribution in [0.25, 0.3) is 0 Å². The Hall–Kier alpha value is -1.40. The fraction of sp³-hybridized carbons (Fsp3) is 0. The summed E-state index contributed by atoms with van der Waals surface area (Å²) in [5.74, 6) is -1.77. The van der Waals surface area contributed by atoms with E-state index in [4.69, 9.17) is 0 Å². The predicted molar refractivity (Wildman–Crippen MR) is 65.9 cm³/mol. The van der Waals surface area contributed by atoms with Crippen LogP contribution >= 0.6 is 24.0 Å². The minimum atomic E-state index is -0.678. The van der Waals surface area contributed by atoms with Crippen molar-refractivity contribution >= 4 is 35.6 Å². The highest BCUT2D eigenvalue weighted by molar-refractivity contribution is 7.80. The molecule has 1 heterocycles. The second-order valence-electron chi connectivity index (χ2n) is 3.25. The zero-order chi connectivity index (χ0) is 12.4. The summed E-state index contributed by atoms with van der Waals surface area (Å²) >= 11 is 5.24. The number of benzene rings is 1. The Balaban J connectivity index is 2.21. The number of thiophene rings is 1. The van der Waals surface area contributed by atoms with Crippen LogP contribution in [0, 0.1) is 11.6 Å². The Bertz CT molecular complexity index is 568. The molecule has 0 bridgehead atoms. The molecule has 0 aliphatic carbocycles. The van der Waals surface area contributed by atoms with Gasteiger partial charge in [-0.05, 0) is 18.2 Å². The molecule has 17 heavy (non-hydrogen) atoms. The zero-order valence-electron chi connectivity index (χ0n) is 8.41. The van der Waals surface area contributed by atoms with E-state index in [1.54, 1.807) is 11.4 Å². The van der Waals surface area contributed by atoms with Crippen molar-refractivity contribution in [1.29, 1.82) is 0 Å². The van der Waals surface area contributed by atoms with Gasteiger partial charge >= 0.3 is 0 Å². The fourth-order valence-electron chi connectivity index (χ4n) is 1.22. The number of amides is 1. The molecule has 1 aromatic heterocycles. The van der Waals surface area contributed by atoms with Gasteiger partial charge in [-0.3, -0.25) is 4.79 Å². The highest BCUT2D eigenvalue weighted by Gasteiger charge is 2.11. The summed E-state index contributed by atoms with van der Waals surface area (Å²) in [5, 5.41) is 3.98. The molecule has 2 aromatic rings. The number of halogens is 2. The van der Waals surface area contributed by atoms with Crippen LogP contribution in [0.15, 0.2) is 34.5 Å². The molecule has 2 nitrogen and oxygen atoms in total. The highest BCUT2D eigenvalue weighted by Crippen LogP contribution is 2.21. The largest absolute Gasteiger partial charge is 0.319 e. The number of hydrogen-bond acceptors (Lipinski definition) is 3. The minimum absolute atomic E-state index is 0.177.